The van der Waals surface area contributed by atoms with Crippen LogP contribution in [0.5, 0.6) is 5.75 Å². The molecule has 3 rings (SSSR count). The molecule has 2 aromatic rings. The Balaban J connectivity index is 0.00000341. The molecule has 0 saturated carbocycles. The number of aliphatic imine (C=N–C) groups is 1. The first-order chi connectivity index (χ1) is 14.3. The molecule has 9 heteroatoms. The molecule has 1 aliphatic rings. The topological polar surface area (TPSA) is 62.9 Å². The van der Waals surface area contributed by atoms with Gasteiger partial charge in [-0.25, -0.2) is 0 Å². The minimum atomic E-state index is -4.33. The van der Waals surface area contributed by atoms with Crippen LogP contribution < -0.4 is 15.8 Å². The quantitative estimate of drug-likeness (QED) is 0.309. The number of anilines is 1. The van der Waals surface area contributed by atoms with E-state index in [-0.39, 0.29) is 35.9 Å². The van der Waals surface area contributed by atoms with E-state index in [0.29, 0.717) is 12.5 Å². The van der Waals surface area contributed by atoms with Crippen LogP contribution in [0.2, 0.25) is 0 Å². The zero-order chi connectivity index (χ0) is 21.7. The van der Waals surface area contributed by atoms with Crippen LogP contribution in [-0.2, 0) is 6.18 Å². The van der Waals surface area contributed by atoms with Crippen molar-refractivity contribution in [3.05, 3.63) is 59.7 Å². The maximum absolute atomic E-state index is 12.9. The Kier molecular flexibility index (Phi) is 8.99. The molecule has 0 amide bonds. The number of nitrogens with two attached hydrogens (primary N) is 1. The average molecular weight is 548 g/mol. The normalized spacial score (nSPS) is 20.1. The van der Waals surface area contributed by atoms with E-state index in [4.69, 9.17) is 10.5 Å². The number of alkyl halides is 3. The third kappa shape index (κ3) is 6.73. The lowest BCUT2D eigenvalue weighted by molar-refractivity contribution is -0.137. The summed E-state index contributed by atoms with van der Waals surface area (Å²) in [4.78, 5) is 6.68. The summed E-state index contributed by atoms with van der Waals surface area (Å²) in [5.74, 6) is 1.22. The predicted molar refractivity (Wildman–Crippen MR) is 128 cm³/mol. The molecule has 2 aromatic carbocycles. The fraction of sp³-hybridized carbons (Fsp3) is 0.409. The molecule has 0 aromatic heterocycles. The number of guanidine groups is 1. The molecule has 1 saturated heterocycles. The number of likely N-dealkylation sites (tertiary alicyclic amines) is 1. The zero-order valence-electron chi connectivity index (χ0n) is 17.5. The summed E-state index contributed by atoms with van der Waals surface area (Å²) in [6, 6.07) is 12.8. The van der Waals surface area contributed by atoms with Gasteiger partial charge in [0.25, 0.3) is 0 Å². The van der Waals surface area contributed by atoms with E-state index < -0.39 is 11.7 Å². The number of hydrogen-bond donors (Lipinski definition) is 2. The van der Waals surface area contributed by atoms with Crippen molar-refractivity contribution in [2.75, 3.05) is 32.6 Å². The van der Waals surface area contributed by atoms with Crippen molar-refractivity contribution >= 4 is 35.6 Å². The number of ether oxygens (including phenoxy) is 1. The highest BCUT2D eigenvalue weighted by Gasteiger charge is 2.33. The van der Waals surface area contributed by atoms with Crippen molar-refractivity contribution < 1.29 is 17.9 Å². The minimum Gasteiger partial charge on any atom is -0.497 e. The highest BCUT2D eigenvalue weighted by molar-refractivity contribution is 14.0. The zero-order valence-corrected chi connectivity index (χ0v) is 19.9. The van der Waals surface area contributed by atoms with E-state index >= 15 is 0 Å². The van der Waals surface area contributed by atoms with Crippen LogP contribution >= 0.6 is 24.0 Å². The standard InChI is InChI=1S/C22H27F3N4O.HI/c1-29-13-3-4-16(20(29)15-5-7-17(8-6-15)22(23,24)25)14-27-21(26)28-18-9-11-19(30-2)12-10-18;/h5-12,16,20H,3-4,13-14H2,1-2H3,(H3,26,27,28);1H. The summed E-state index contributed by atoms with van der Waals surface area (Å²) in [6.45, 7) is 1.39. The Morgan fingerprint density at radius 1 is 1.16 bits per heavy atom. The van der Waals surface area contributed by atoms with E-state index in [9.17, 15) is 13.2 Å². The maximum atomic E-state index is 12.9. The Morgan fingerprint density at radius 3 is 2.39 bits per heavy atom. The van der Waals surface area contributed by atoms with E-state index in [0.717, 1.165) is 48.5 Å². The molecule has 1 fully saturated rings. The number of nitrogens with one attached hydrogen (secondary N) is 1. The molecule has 5 nitrogen and oxygen atoms in total. The maximum Gasteiger partial charge on any atom is 0.416 e. The molecule has 0 aliphatic carbocycles. The highest BCUT2D eigenvalue weighted by Crippen LogP contribution is 2.37. The first-order valence-corrected chi connectivity index (χ1v) is 9.86. The van der Waals surface area contributed by atoms with Crippen LogP contribution in [0, 0.1) is 5.92 Å². The van der Waals surface area contributed by atoms with Crippen molar-refractivity contribution in [1.82, 2.24) is 4.90 Å². The molecule has 1 aliphatic heterocycles. The summed E-state index contributed by atoms with van der Waals surface area (Å²) in [5.41, 5.74) is 7.09. The van der Waals surface area contributed by atoms with Gasteiger partial charge in [0.05, 0.1) is 12.7 Å². The molecule has 2 unspecified atom stereocenters. The van der Waals surface area contributed by atoms with Gasteiger partial charge in [-0.15, -0.1) is 24.0 Å². The van der Waals surface area contributed by atoms with Crippen molar-refractivity contribution in [3.63, 3.8) is 0 Å². The number of methoxy groups -OCH3 is 1. The van der Waals surface area contributed by atoms with Crippen molar-refractivity contribution in [3.8, 4) is 5.75 Å². The number of nitrogens with zero attached hydrogens (tertiary/aromatic N) is 2. The largest absolute Gasteiger partial charge is 0.497 e. The van der Waals surface area contributed by atoms with Crippen LogP contribution in [-0.4, -0.2) is 38.1 Å². The second-order valence-electron chi connectivity index (χ2n) is 7.53. The summed E-state index contributed by atoms with van der Waals surface area (Å²) in [6.07, 6.45) is -2.38. The molecule has 1 heterocycles. The fourth-order valence-electron chi connectivity index (χ4n) is 3.92. The Morgan fingerprint density at radius 2 is 1.81 bits per heavy atom. The van der Waals surface area contributed by atoms with Crippen molar-refractivity contribution in [2.45, 2.75) is 25.1 Å². The lowest BCUT2D eigenvalue weighted by Crippen LogP contribution is -2.38. The van der Waals surface area contributed by atoms with Crippen molar-refractivity contribution in [2.24, 2.45) is 16.6 Å². The van der Waals surface area contributed by atoms with E-state index in [1.54, 1.807) is 19.2 Å². The van der Waals surface area contributed by atoms with Gasteiger partial charge >= 0.3 is 6.18 Å². The first kappa shape index (κ1) is 25.3. The van der Waals surface area contributed by atoms with E-state index in [1.807, 2.05) is 31.3 Å². The number of hydrogen-bond acceptors (Lipinski definition) is 3. The number of halogens is 4. The monoisotopic (exact) mass is 548 g/mol. The van der Waals surface area contributed by atoms with Crippen LogP contribution in [0.4, 0.5) is 18.9 Å². The van der Waals surface area contributed by atoms with Gasteiger partial charge in [-0.05, 0) is 74.3 Å². The molecular formula is C22H28F3IN4O. The van der Waals surface area contributed by atoms with E-state index in [2.05, 4.69) is 15.2 Å². The number of benzene rings is 2. The van der Waals surface area contributed by atoms with Gasteiger partial charge < -0.3 is 15.8 Å². The van der Waals surface area contributed by atoms with Crippen LogP contribution in [0.25, 0.3) is 0 Å². The minimum absolute atomic E-state index is 0. The Hall–Kier alpha value is -2.01. The van der Waals surface area contributed by atoms with Gasteiger partial charge in [0, 0.05) is 18.3 Å². The van der Waals surface area contributed by atoms with Crippen LogP contribution in [0.1, 0.15) is 30.0 Å². The summed E-state index contributed by atoms with van der Waals surface area (Å²) < 4.78 is 43.8. The molecule has 0 spiro atoms. The number of rotatable bonds is 5. The van der Waals surface area contributed by atoms with Crippen LogP contribution in [0.15, 0.2) is 53.5 Å². The Bertz CT molecular complexity index is 857. The summed E-state index contributed by atoms with van der Waals surface area (Å²) in [5, 5.41) is 3.06. The number of piperidine rings is 1. The first-order valence-electron chi connectivity index (χ1n) is 9.86. The fourth-order valence-corrected chi connectivity index (χ4v) is 3.92. The molecule has 0 radical (unpaired) electrons. The third-order valence-corrected chi connectivity index (χ3v) is 5.45. The second kappa shape index (κ2) is 11.0. The SMILES string of the molecule is COc1ccc(NC(N)=NCC2CCCN(C)C2c2ccc(C(F)(F)F)cc2)cc1.I. The second-order valence-corrected chi connectivity index (χ2v) is 7.53. The molecule has 170 valence electrons. The predicted octanol–water partition coefficient (Wildman–Crippen LogP) is 5.14. The lowest BCUT2D eigenvalue weighted by atomic mass is 9.84. The molecule has 2 atom stereocenters. The van der Waals surface area contributed by atoms with E-state index in [1.165, 1.54) is 0 Å². The van der Waals surface area contributed by atoms with Gasteiger partial charge in [-0.3, -0.25) is 9.89 Å². The summed E-state index contributed by atoms with van der Waals surface area (Å²) >= 11 is 0. The molecule has 3 N–H and O–H groups in total. The van der Waals surface area contributed by atoms with Gasteiger partial charge in [-0.1, -0.05) is 12.1 Å². The summed E-state index contributed by atoms with van der Waals surface area (Å²) in [7, 11) is 3.60. The highest BCUT2D eigenvalue weighted by atomic mass is 127. The Labute approximate surface area is 197 Å². The average Bonchev–Trinajstić information content (AvgIpc) is 2.72. The lowest BCUT2D eigenvalue weighted by Gasteiger charge is -2.39. The van der Waals surface area contributed by atoms with Crippen LogP contribution in [0.3, 0.4) is 0 Å². The molecule has 31 heavy (non-hydrogen) atoms. The van der Waals surface area contributed by atoms with Gasteiger partial charge in [-0.2, -0.15) is 13.2 Å². The van der Waals surface area contributed by atoms with Crippen molar-refractivity contribution in [1.29, 1.82) is 0 Å². The van der Waals surface area contributed by atoms with Gasteiger partial charge in [0.15, 0.2) is 5.96 Å². The van der Waals surface area contributed by atoms with Gasteiger partial charge in [0.1, 0.15) is 5.75 Å². The third-order valence-electron chi connectivity index (χ3n) is 5.45. The molecular weight excluding hydrogens is 520 g/mol. The smallest absolute Gasteiger partial charge is 0.416 e. The molecule has 0 bridgehead atoms. The van der Waals surface area contributed by atoms with Gasteiger partial charge in [0.2, 0.25) is 0 Å².